The zero-order valence-corrected chi connectivity index (χ0v) is 12.7. The Morgan fingerprint density at radius 2 is 2.29 bits per heavy atom. The second kappa shape index (κ2) is 6.32. The molecule has 2 aromatic rings. The molecule has 1 amide bonds. The van der Waals surface area contributed by atoms with Crippen LogP contribution >= 0.6 is 11.3 Å². The van der Waals surface area contributed by atoms with Gasteiger partial charge >= 0.3 is 0 Å². The molecule has 1 aliphatic rings. The van der Waals surface area contributed by atoms with Crippen molar-refractivity contribution in [2.24, 2.45) is 0 Å². The van der Waals surface area contributed by atoms with Gasteiger partial charge in [-0.1, -0.05) is 0 Å². The van der Waals surface area contributed by atoms with Crippen molar-refractivity contribution in [2.45, 2.75) is 25.5 Å². The number of aromatic nitrogens is 2. The molecule has 0 bridgehead atoms. The van der Waals surface area contributed by atoms with Gasteiger partial charge in [-0.15, -0.1) is 11.3 Å². The molecule has 0 spiro atoms. The predicted molar refractivity (Wildman–Crippen MR) is 80.1 cm³/mol. The molecule has 1 atom stereocenters. The zero-order chi connectivity index (χ0) is 14.7. The van der Waals surface area contributed by atoms with Crippen molar-refractivity contribution in [1.82, 2.24) is 14.9 Å². The van der Waals surface area contributed by atoms with Gasteiger partial charge in [0, 0.05) is 31.4 Å². The van der Waals surface area contributed by atoms with Gasteiger partial charge < -0.3 is 9.64 Å². The Hall–Kier alpha value is -1.79. The predicted octanol–water partition coefficient (Wildman–Crippen LogP) is 2.66. The number of rotatable bonds is 4. The Morgan fingerprint density at radius 3 is 3.05 bits per heavy atom. The van der Waals surface area contributed by atoms with Crippen molar-refractivity contribution in [1.29, 1.82) is 0 Å². The smallest absolute Gasteiger partial charge is 0.273 e. The van der Waals surface area contributed by atoms with Gasteiger partial charge in [-0.05, 0) is 30.5 Å². The second-order valence-corrected chi connectivity index (χ2v) is 5.94. The van der Waals surface area contributed by atoms with Crippen LogP contribution in [0.25, 0.3) is 0 Å². The third kappa shape index (κ3) is 2.96. The second-order valence-electron chi connectivity index (χ2n) is 5.00. The lowest BCUT2D eigenvalue weighted by Crippen LogP contribution is -2.30. The number of likely N-dealkylation sites (tertiary alicyclic amines) is 1. The Bertz CT molecular complexity index is 614. The SMILES string of the molecule is COCc1nc(C(=O)N2CCC[C@H]2c2ccncc2)cs1. The summed E-state index contributed by atoms with van der Waals surface area (Å²) in [4.78, 5) is 23.0. The van der Waals surface area contributed by atoms with Gasteiger partial charge in [-0.2, -0.15) is 0 Å². The number of amides is 1. The van der Waals surface area contributed by atoms with Gasteiger partial charge in [0.15, 0.2) is 0 Å². The number of ether oxygens (including phenoxy) is 1. The van der Waals surface area contributed by atoms with E-state index in [1.165, 1.54) is 11.3 Å². The Balaban J connectivity index is 1.79. The number of methoxy groups -OCH3 is 1. The standard InChI is InChI=1S/C15H17N3O2S/c1-20-9-14-17-12(10-21-14)15(19)18-8-2-3-13(18)11-4-6-16-7-5-11/h4-7,10,13H,2-3,8-9H2,1H3/t13-/m0/s1. The van der Waals surface area contributed by atoms with Gasteiger partial charge in [-0.25, -0.2) is 4.98 Å². The molecule has 2 aromatic heterocycles. The molecule has 0 unspecified atom stereocenters. The molecular formula is C15H17N3O2S. The van der Waals surface area contributed by atoms with E-state index in [4.69, 9.17) is 4.74 Å². The summed E-state index contributed by atoms with van der Waals surface area (Å²) in [6, 6.07) is 4.09. The number of carbonyl (C=O) groups is 1. The fourth-order valence-electron chi connectivity index (χ4n) is 2.69. The molecule has 21 heavy (non-hydrogen) atoms. The summed E-state index contributed by atoms with van der Waals surface area (Å²) < 4.78 is 5.05. The minimum absolute atomic E-state index is 0.00733. The average molecular weight is 303 g/mol. The summed E-state index contributed by atoms with van der Waals surface area (Å²) in [5.74, 6) is 0.00733. The molecule has 1 aliphatic heterocycles. The maximum absolute atomic E-state index is 12.7. The first kappa shape index (κ1) is 14.2. The number of nitrogens with zero attached hydrogens (tertiary/aromatic N) is 3. The van der Waals surface area contributed by atoms with Gasteiger partial charge in [0.05, 0.1) is 12.6 Å². The molecule has 110 valence electrons. The molecule has 0 aliphatic carbocycles. The Morgan fingerprint density at radius 1 is 1.48 bits per heavy atom. The van der Waals surface area contributed by atoms with Crippen LogP contribution in [0, 0.1) is 0 Å². The van der Waals surface area contributed by atoms with Gasteiger partial charge in [-0.3, -0.25) is 9.78 Å². The van der Waals surface area contributed by atoms with Crippen molar-refractivity contribution in [3.63, 3.8) is 0 Å². The van der Waals surface area contributed by atoms with Crippen LogP contribution in [0.1, 0.15) is 39.9 Å². The topological polar surface area (TPSA) is 55.3 Å². The number of carbonyl (C=O) groups excluding carboxylic acids is 1. The van der Waals surface area contributed by atoms with E-state index in [-0.39, 0.29) is 11.9 Å². The summed E-state index contributed by atoms with van der Waals surface area (Å²) in [7, 11) is 1.63. The maximum Gasteiger partial charge on any atom is 0.273 e. The van der Waals surface area contributed by atoms with E-state index in [0.29, 0.717) is 12.3 Å². The van der Waals surface area contributed by atoms with Gasteiger partial charge in [0.25, 0.3) is 5.91 Å². The summed E-state index contributed by atoms with van der Waals surface area (Å²) in [5, 5.41) is 2.65. The molecule has 1 fully saturated rings. The lowest BCUT2D eigenvalue weighted by Gasteiger charge is -2.24. The van der Waals surface area contributed by atoms with Crippen molar-refractivity contribution >= 4 is 17.2 Å². The number of hydrogen-bond acceptors (Lipinski definition) is 5. The van der Waals surface area contributed by atoms with Crippen molar-refractivity contribution in [3.8, 4) is 0 Å². The highest BCUT2D eigenvalue weighted by Gasteiger charge is 2.31. The van der Waals surface area contributed by atoms with Crippen LogP contribution in [0.2, 0.25) is 0 Å². The lowest BCUT2D eigenvalue weighted by atomic mass is 10.1. The van der Waals surface area contributed by atoms with Gasteiger partial charge in [0.1, 0.15) is 10.7 Å². The third-order valence-corrected chi connectivity index (χ3v) is 4.47. The Kier molecular flexibility index (Phi) is 4.26. The van der Waals surface area contributed by atoms with Crippen LogP contribution in [-0.2, 0) is 11.3 Å². The molecule has 6 heteroatoms. The number of thiazole rings is 1. The van der Waals surface area contributed by atoms with E-state index in [2.05, 4.69) is 9.97 Å². The molecule has 1 saturated heterocycles. The van der Waals surface area contributed by atoms with Crippen LogP contribution in [0.3, 0.4) is 0 Å². The van der Waals surface area contributed by atoms with Crippen molar-refractivity contribution < 1.29 is 9.53 Å². The largest absolute Gasteiger partial charge is 0.378 e. The highest BCUT2D eigenvalue weighted by Crippen LogP contribution is 2.32. The number of pyridine rings is 1. The van der Waals surface area contributed by atoms with Crippen LogP contribution < -0.4 is 0 Å². The maximum atomic E-state index is 12.7. The van der Waals surface area contributed by atoms with Crippen LogP contribution in [0.4, 0.5) is 0 Å². The van der Waals surface area contributed by atoms with E-state index in [1.807, 2.05) is 22.4 Å². The third-order valence-electron chi connectivity index (χ3n) is 3.64. The van der Waals surface area contributed by atoms with E-state index in [0.717, 1.165) is 30.0 Å². The molecule has 0 radical (unpaired) electrons. The van der Waals surface area contributed by atoms with Crippen molar-refractivity contribution in [3.05, 3.63) is 46.2 Å². The summed E-state index contributed by atoms with van der Waals surface area (Å²) in [6.07, 6.45) is 5.56. The minimum Gasteiger partial charge on any atom is -0.378 e. The summed E-state index contributed by atoms with van der Waals surface area (Å²) in [6.45, 7) is 1.23. The first-order chi connectivity index (χ1) is 10.3. The van der Waals surface area contributed by atoms with E-state index in [1.54, 1.807) is 19.5 Å². The molecule has 0 aromatic carbocycles. The quantitative estimate of drug-likeness (QED) is 0.871. The van der Waals surface area contributed by atoms with Crippen LogP contribution in [0.5, 0.6) is 0 Å². The number of hydrogen-bond donors (Lipinski definition) is 0. The highest BCUT2D eigenvalue weighted by molar-refractivity contribution is 7.09. The molecule has 0 N–H and O–H groups in total. The fraction of sp³-hybridized carbons (Fsp3) is 0.400. The summed E-state index contributed by atoms with van der Waals surface area (Å²) >= 11 is 1.46. The monoisotopic (exact) mass is 303 g/mol. The normalized spacial score (nSPS) is 18.1. The molecule has 0 saturated carbocycles. The first-order valence-corrected chi connectivity index (χ1v) is 7.82. The lowest BCUT2D eigenvalue weighted by molar-refractivity contribution is 0.0730. The van der Waals surface area contributed by atoms with Gasteiger partial charge in [0.2, 0.25) is 0 Å². The summed E-state index contributed by atoms with van der Waals surface area (Å²) in [5.41, 5.74) is 1.66. The van der Waals surface area contributed by atoms with Crippen LogP contribution in [0.15, 0.2) is 29.9 Å². The molecule has 5 nitrogen and oxygen atoms in total. The van der Waals surface area contributed by atoms with Crippen LogP contribution in [-0.4, -0.2) is 34.4 Å². The fourth-order valence-corrected chi connectivity index (χ4v) is 3.43. The van der Waals surface area contributed by atoms with E-state index in [9.17, 15) is 4.79 Å². The Labute approximate surface area is 127 Å². The first-order valence-electron chi connectivity index (χ1n) is 6.94. The highest BCUT2D eigenvalue weighted by atomic mass is 32.1. The van der Waals surface area contributed by atoms with Crippen molar-refractivity contribution in [2.75, 3.05) is 13.7 Å². The average Bonchev–Trinajstić information content (AvgIpc) is 3.17. The van der Waals surface area contributed by atoms with E-state index >= 15 is 0 Å². The molecule has 3 rings (SSSR count). The minimum atomic E-state index is 0.00733. The molecule has 3 heterocycles. The van der Waals surface area contributed by atoms with E-state index < -0.39 is 0 Å². The zero-order valence-electron chi connectivity index (χ0n) is 11.9. The molecular weight excluding hydrogens is 286 g/mol.